The minimum absolute atomic E-state index is 0.0340. The molecule has 0 aromatic rings. The maximum atomic E-state index is 12.2. The van der Waals surface area contributed by atoms with Crippen molar-refractivity contribution in [3.05, 3.63) is 0 Å². The summed E-state index contributed by atoms with van der Waals surface area (Å²) in [6.07, 6.45) is 9.90. The quantitative estimate of drug-likeness (QED) is 0.425. The van der Waals surface area contributed by atoms with Gasteiger partial charge in [-0.25, -0.2) is 0 Å². The van der Waals surface area contributed by atoms with Gasteiger partial charge in [-0.3, -0.25) is 9.59 Å². The minimum atomic E-state index is -0.0340. The van der Waals surface area contributed by atoms with Gasteiger partial charge >= 0.3 is 11.9 Å². The minimum Gasteiger partial charge on any atom is -0.465 e. The molecule has 0 spiro atoms. The van der Waals surface area contributed by atoms with Crippen molar-refractivity contribution in [3.63, 3.8) is 0 Å². The van der Waals surface area contributed by atoms with E-state index in [4.69, 9.17) is 9.47 Å². The first kappa shape index (κ1) is 23.0. The van der Waals surface area contributed by atoms with Crippen molar-refractivity contribution in [2.75, 3.05) is 13.2 Å². The van der Waals surface area contributed by atoms with Crippen LogP contribution in [-0.4, -0.2) is 25.2 Å². The van der Waals surface area contributed by atoms with Gasteiger partial charge in [0.05, 0.1) is 25.0 Å². The van der Waals surface area contributed by atoms with Crippen LogP contribution in [0.3, 0.4) is 0 Å². The van der Waals surface area contributed by atoms with Gasteiger partial charge in [-0.05, 0) is 56.8 Å². The Morgan fingerprint density at radius 3 is 1.58 bits per heavy atom. The average molecular weight is 369 g/mol. The molecule has 0 aliphatic heterocycles. The summed E-state index contributed by atoms with van der Waals surface area (Å²) in [6, 6.07) is 0. The van der Waals surface area contributed by atoms with Crippen LogP contribution in [0.1, 0.15) is 91.9 Å². The topological polar surface area (TPSA) is 52.6 Å². The number of ether oxygens (including phenoxy) is 2. The van der Waals surface area contributed by atoms with Crippen molar-refractivity contribution in [2.45, 2.75) is 91.9 Å². The molecule has 1 aliphatic rings. The molecule has 4 heteroatoms. The molecule has 0 amide bonds. The summed E-state index contributed by atoms with van der Waals surface area (Å²) >= 11 is 0. The Morgan fingerprint density at radius 1 is 0.808 bits per heavy atom. The van der Waals surface area contributed by atoms with Gasteiger partial charge in [0.1, 0.15) is 0 Å². The molecule has 4 nitrogen and oxygen atoms in total. The second kappa shape index (κ2) is 13.2. The molecule has 152 valence electrons. The van der Waals surface area contributed by atoms with Crippen molar-refractivity contribution in [2.24, 2.45) is 23.7 Å². The molecule has 0 aromatic carbocycles. The Bertz CT molecular complexity index is 371. The van der Waals surface area contributed by atoms with Crippen molar-refractivity contribution in [1.82, 2.24) is 0 Å². The summed E-state index contributed by atoms with van der Waals surface area (Å²) in [5, 5.41) is 0. The SMILES string of the molecule is CCCC(CC)C(=O)OCC1CCCC(COC(=O)C(CC)CCC)C1. The highest BCUT2D eigenvalue weighted by atomic mass is 16.5. The third kappa shape index (κ3) is 8.09. The fourth-order valence-electron chi connectivity index (χ4n) is 4.01. The Labute approximate surface area is 160 Å². The molecule has 0 radical (unpaired) electrons. The van der Waals surface area contributed by atoms with Crippen molar-refractivity contribution in [1.29, 1.82) is 0 Å². The number of carbonyl (C=O) groups is 2. The van der Waals surface area contributed by atoms with Crippen LogP contribution in [0.2, 0.25) is 0 Å². The van der Waals surface area contributed by atoms with Gasteiger partial charge in [0.15, 0.2) is 0 Å². The Kier molecular flexibility index (Phi) is 11.6. The molecule has 1 fully saturated rings. The lowest BCUT2D eigenvalue weighted by Crippen LogP contribution is -2.27. The molecule has 0 heterocycles. The average Bonchev–Trinajstić information content (AvgIpc) is 2.66. The van der Waals surface area contributed by atoms with Gasteiger partial charge in [0.25, 0.3) is 0 Å². The monoisotopic (exact) mass is 368 g/mol. The van der Waals surface area contributed by atoms with Crippen LogP contribution in [0.5, 0.6) is 0 Å². The van der Waals surface area contributed by atoms with E-state index in [1.165, 1.54) is 0 Å². The first-order valence-electron chi connectivity index (χ1n) is 10.9. The van der Waals surface area contributed by atoms with Crippen molar-refractivity contribution < 1.29 is 19.1 Å². The molecule has 0 N–H and O–H groups in total. The molecule has 0 bridgehead atoms. The van der Waals surface area contributed by atoms with Gasteiger partial charge in [-0.1, -0.05) is 47.0 Å². The van der Waals surface area contributed by atoms with E-state index in [2.05, 4.69) is 27.7 Å². The molecular formula is C22H40O4. The van der Waals surface area contributed by atoms with Crippen LogP contribution in [0.4, 0.5) is 0 Å². The first-order valence-corrected chi connectivity index (χ1v) is 10.9. The summed E-state index contributed by atoms with van der Waals surface area (Å²) in [4.78, 5) is 24.4. The standard InChI is InChI=1S/C22H40O4/c1-5-10-19(7-3)21(23)25-15-17-12-9-13-18(14-17)16-26-22(24)20(8-4)11-6-2/h17-20H,5-16H2,1-4H3. The summed E-state index contributed by atoms with van der Waals surface area (Å²) in [5.74, 6) is 0.845. The van der Waals surface area contributed by atoms with Gasteiger partial charge < -0.3 is 9.47 Å². The Balaban J connectivity index is 2.35. The third-order valence-electron chi connectivity index (χ3n) is 5.74. The predicted octanol–water partition coefficient (Wildman–Crippen LogP) is 5.53. The van der Waals surface area contributed by atoms with E-state index in [1.54, 1.807) is 0 Å². The molecule has 26 heavy (non-hydrogen) atoms. The van der Waals surface area contributed by atoms with Crippen LogP contribution in [0, 0.1) is 23.7 Å². The van der Waals surface area contributed by atoms with Crippen LogP contribution >= 0.6 is 0 Å². The van der Waals surface area contributed by atoms with E-state index >= 15 is 0 Å². The molecule has 1 aliphatic carbocycles. The highest BCUT2D eigenvalue weighted by molar-refractivity contribution is 5.72. The molecule has 4 atom stereocenters. The number of hydrogen-bond acceptors (Lipinski definition) is 4. The largest absolute Gasteiger partial charge is 0.465 e. The van der Waals surface area contributed by atoms with E-state index < -0.39 is 0 Å². The van der Waals surface area contributed by atoms with Crippen molar-refractivity contribution >= 4 is 11.9 Å². The maximum Gasteiger partial charge on any atom is 0.308 e. The zero-order valence-corrected chi connectivity index (χ0v) is 17.4. The molecule has 0 saturated heterocycles. The summed E-state index contributed by atoms with van der Waals surface area (Å²) < 4.78 is 11.2. The normalized spacial score (nSPS) is 22.5. The first-order chi connectivity index (χ1) is 12.5. The molecule has 4 unspecified atom stereocenters. The smallest absolute Gasteiger partial charge is 0.308 e. The van der Waals surface area contributed by atoms with E-state index in [-0.39, 0.29) is 23.8 Å². The lowest BCUT2D eigenvalue weighted by Gasteiger charge is -2.29. The van der Waals surface area contributed by atoms with Gasteiger partial charge in [-0.2, -0.15) is 0 Å². The fraction of sp³-hybridized carbons (Fsp3) is 0.909. The van der Waals surface area contributed by atoms with Gasteiger partial charge in [0.2, 0.25) is 0 Å². The fourth-order valence-corrected chi connectivity index (χ4v) is 4.01. The number of esters is 2. The zero-order chi connectivity index (χ0) is 19.4. The van der Waals surface area contributed by atoms with E-state index in [0.717, 1.165) is 64.2 Å². The van der Waals surface area contributed by atoms with Crippen LogP contribution < -0.4 is 0 Å². The van der Waals surface area contributed by atoms with Gasteiger partial charge in [-0.15, -0.1) is 0 Å². The van der Waals surface area contributed by atoms with Crippen LogP contribution in [-0.2, 0) is 19.1 Å². The highest BCUT2D eigenvalue weighted by Gasteiger charge is 2.26. The molecule has 0 aromatic heterocycles. The lowest BCUT2D eigenvalue weighted by molar-refractivity contribution is -0.151. The highest BCUT2D eigenvalue weighted by Crippen LogP contribution is 2.30. The van der Waals surface area contributed by atoms with Gasteiger partial charge in [0, 0.05) is 0 Å². The predicted molar refractivity (Wildman–Crippen MR) is 105 cm³/mol. The number of carbonyl (C=O) groups excluding carboxylic acids is 2. The second-order valence-electron chi connectivity index (χ2n) is 7.95. The van der Waals surface area contributed by atoms with Crippen molar-refractivity contribution in [3.8, 4) is 0 Å². The zero-order valence-electron chi connectivity index (χ0n) is 17.4. The molecular weight excluding hydrogens is 328 g/mol. The summed E-state index contributed by atoms with van der Waals surface area (Å²) in [6.45, 7) is 9.36. The lowest BCUT2D eigenvalue weighted by atomic mass is 9.82. The summed E-state index contributed by atoms with van der Waals surface area (Å²) in [7, 11) is 0. The Hall–Kier alpha value is -1.06. The second-order valence-corrected chi connectivity index (χ2v) is 7.95. The third-order valence-corrected chi connectivity index (χ3v) is 5.74. The van der Waals surface area contributed by atoms with Crippen LogP contribution in [0.15, 0.2) is 0 Å². The van der Waals surface area contributed by atoms with E-state index in [1.807, 2.05) is 0 Å². The number of hydrogen-bond donors (Lipinski definition) is 0. The van der Waals surface area contributed by atoms with E-state index in [0.29, 0.717) is 25.0 Å². The molecule has 1 rings (SSSR count). The van der Waals surface area contributed by atoms with Crippen LogP contribution in [0.25, 0.3) is 0 Å². The summed E-state index contributed by atoms with van der Waals surface area (Å²) in [5.41, 5.74) is 0. The molecule has 1 saturated carbocycles. The number of rotatable bonds is 12. The Morgan fingerprint density at radius 2 is 1.23 bits per heavy atom. The van der Waals surface area contributed by atoms with E-state index in [9.17, 15) is 9.59 Å². The maximum absolute atomic E-state index is 12.2.